The molecule has 6 nitrogen and oxygen atoms in total. The Bertz CT molecular complexity index is 1250. The predicted octanol–water partition coefficient (Wildman–Crippen LogP) is 5.86. The molecule has 180 valence electrons. The fourth-order valence-corrected chi connectivity index (χ4v) is 6.41. The third-order valence-corrected chi connectivity index (χ3v) is 8.32. The summed E-state index contributed by atoms with van der Waals surface area (Å²) in [6, 6.07) is 9.10. The van der Waals surface area contributed by atoms with Gasteiger partial charge in [0.05, 0.1) is 23.8 Å². The van der Waals surface area contributed by atoms with Crippen LogP contribution in [0.15, 0.2) is 40.6 Å². The molecule has 9 heteroatoms. The second-order valence-corrected chi connectivity index (χ2v) is 10.9. The number of ether oxygens (including phenoxy) is 1. The summed E-state index contributed by atoms with van der Waals surface area (Å²) in [6.07, 6.45) is 0. The number of hydrogen-bond acceptors (Lipinski definition) is 5. The second-order valence-electron chi connectivity index (χ2n) is 8.36. The van der Waals surface area contributed by atoms with Crippen molar-refractivity contribution in [1.29, 1.82) is 0 Å². The van der Waals surface area contributed by atoms with Gasteiger partial charge in [-0.05, 0) is 79.6 Å². The van der Waals surface area contributed by atoms with E-state index in [4.69, 9.17) is 16.3 Å². The van der Waals surface area contributed by atoms with Crippen LogP contribution in [0.1, 0.15) is 31.9 Å². The first-order valence-electron chi connectivity index (χ1n) is 11.0. The number of halogens is 1. The summed E-state index contributed by atoms with van der Waals surface area (Å²) in [7, 11) is -1.53. The van der Waals surface area contributed by atoms with E-state index in [9.17, 15) is 9.00 Å². The monoisotopic (exact) mass is 517 g/mol. The lowest BCUT2D eigenvalue weighted by Gasteiger charge is -2.32. The fourth-order valence-electron chi connectivity index (χ4n) is 4.35. The van der Waals surface area contributed by atoms with E-state index in [1.807, 2.05) is 26.2 Å². The van der Waals surface area contributed by atoms with Gasteiger partial charge < -0.3 is 15.0 Å². The molecule has 0 aliphatic carbocycles. The minimum Gasteiger partial charge on any atom is -0.378 e. The van der Waals surface area contributed by atoms with Crippen LogP contribution in [0.3, 0.4) is 0 Å². The van der Waals surface area contributed by atoms with E-state index in [0.717, 1.165) is 41.2 Å². The summed E-state index contributed by atoms with van der Waals surface area (Å²) in [5.74, 6) is -0.231. The molecule has 0 radical (unpaired) electrons. The summed E-state index contributed by atoms with van der Waals surface area (Å²) < 4.78 is 21.5. The molecule has 1 aliphatic heterocycles. The zero-order valence-electron chi connectivity index (χ0n) is 19.7. The molecule has 1 fully saturated rings. The van der Waals surface area contributed by atoms with E-state index < -0.39 is 11.0 Å². The van der Waals surface area contributed by atoms with Gasteiger partial charge in [0, 0.05) is 29.5 Å². The SMILES string of the molecule is Cc1cc(Cl)ccc1S(=O)Nc1ccsc1C(=O)Nc1c(C)cc(C)c(N2CCOCC2)c1C. The predicted molar refractivity (Wildman–Crippen MR) is 142 cm³/mol. The summed E-state index contributed by atoms with van der Waals surface area (Å²) in [5.41, 5.74) is 6.54. The average Bonchev–Trinajstić information content (AvgIpc) is 3.25. The molecular formula is C25H28ClN3O3S2. The van der Waals surface area contributed by atoms with Crippen LogP contribution in [-0.4, -0.2) is 36.4 Å². The first-order chi connectivity index (χ1) is 16.3. The highest BCUT2D eigenvalue weighted by atomic mass is 35.5. The molecule has 34 heavy (non-hydrogen) atoms. The van der Waals surface area contributed by atoms with Gasteiger partial charge in [0.25, 0.3) is 5.91 Å². The average molecular weight is 518 g/mol. The zero-order valence-corrected chi connectivity index (χ0v) is 22.0. The molecule has 0 bridgehead atoms. The van der Waals surface area contributed by atoms with Crippen LogP contribution < -0.4 is 14.9 Å². The Morgan fingerprint density at radius 1 is 1.06 bits per heavy atom. The van der Waals surface area contributed by atoms with Gasteiger partial charge in [-0.2, -0.15) is 0 Å². The summed E-state index contributed by atoms with van der Waals surface area (Å²) in [4.78, 5) is 16.7. The van der Waals surface area contributed by atoms with Gasteiger partial charge >= 0.3 is 0 Å². The highest BCUT2D eigenvalue weighted by Crippen LogP contribution is 2.35. The molecule has 3 aromatic rings. The molecule has 1 aliphatic rings. The standard InChI is InChI=1S/C25H28ClN3O3S2/c1-15-14-19(26)5-6-21(15)34(31)28-20-7-12-33-24(20)25(30)27-22-16(2)13-17(3)23(18(22)4)29-8-10-32-11-9-29/h5-7,12-14,28H,8-11H2,1-4H3,(H,27,30). The van der Waals surface area contributed by atoms with Crippen LogP contribution in [0, 0.1) is 27.7 Å². The van der Waals surface area contributed by atoms with Gasteiger partial charge in [-0.1, -0.05) is 17.7 Å². The number of rotatable bonds is 6. The van der Waals surface area contributed by atoms with Crippen molar-refractivity contribution in [2.45, 2.75) is 32.6 Å². The lowest BCUT2D eigenvalue weighted by Crippen LogP contribution is -2.37. The summed E-state index contributed by atoms with van der Waals surface area (Å²) in [6.45, 7) is 11.1. The Balaban J connectivity index is 1.57. The quantitative estimate of drug-likeness (QED) is 0.429. The molecule has 4 rings (SSSR count). The number of nitrogens with one attached hydrogen (secondary N) is 2. The van der Waals surface area contributed by atoms with Crippen molar-refractivity contribution < 1.29 is 13.7 Å². The molecule has 0 spiro atoms. The third kappa shape index (κ3) is 5.15. The summed E-state index contributed by atoms with van der Waals surface area (Å²) >= 11 is 7.34. The smallest absolute Gasteiger partial charge is 0.267 e. The van der Waals surface area contributed by atoms with E-state index in [1.165, 1.54) is 16.9 Å². The Morgan fingerprint density at radius 2 is 1.79 bits per heavy atom. The highest BCUT2D eigenvalue weighted by Gasteiger charge is 2.22. The Morgan fingerprint density at radius 3 is 2.50 bits per heavy atom. The molecule has 2 N–H and O–H groups in total. The summed E-state index contributed by atoms with van der Waals surface area (Å²) in [5, 5.41) is 5.53. The molecule has 1 unspecified atom stereocenters. The van der Waals surface area contributed by atoms with E-state index in [2.05, 4.69) is 27.9 Å². The van der Waals surface area contributed by atoms with Crippen molar-refractivity contribution in [2.24, 2.45) is 0 Å². The van der Waals surface area contributed by atoms with Crippen LogP contribution in [-0.2, 0) is 15.7 Å². The van der Waals surface area contributed by atoms with Crippen molar-refractivity contribution in [1.82, 2.24) is 0 Å². The van der Waals surface area contributed by atoms with Crippen LogP contribution in [0.2, 0.25) is 5.02 Å². The lowest BCUT2D eigenvalue weighted by molar-refractivity contribution is 0.103. The van der Waals surface area contributed by atoms with Gasteiger partial charge in [-0.15, -0.1) is 11.3 Å². The number of nitrogens with zero attached hydrogens (tertiary/aromatic N) is 1. The van der Waals surface area contributed by atoms with E-state index in [0.29, 0.717) is 33.7 Å². The number of carbonyl (C=O) groups is 1. The molecule has 1 amide bonds. The molecule has 2 aromatic carbocycles. The normalized spacial score (nSPS) is 14.7. The van der Waals surface area contributed by atoms with Crippen molar-refractivity contribution >= 4 is 56.9 Å². The molecule has 2 heterocycles. The number of thiophene rings is 1. The minimum atomic E-state index is -1.53. The van der Waals surface area contributed by atoms with E-state index >= 15 is 0 Å². The van der Waals surface area contributed by atoms with Crippen LogP contribution in [0.25, 0.3) is 0 Å². The Labute approximate surface area is 211 Å². The molecule has 1 saturated heterocycles. The topological polar surface area (TPSA) is 70.7 Å². The van der Waals surface area contributed by atoms with Crippen LogP contribution in [0.4, 0.5) is 17.1 Å². The number of morpholine rings is 1. The number of carbonyl (C=O) groups excluding carboxylic acids is 1. The third-order valence-electron chi connectivity index (χ3n) is 5.91. The molecular weight excluding hydrogens is 490 g/mol. The molecule has 0 saturated carbocycles. The first-order valence-corrected chi connectivity index (χ1v) is 13.4. The van der Waals surface area contributed by atoms with Crippen LogP contribution in [0.5, 0.6) is 0 Å². The van der Waals surface area contributed by atoms with Crippen LogP contribution >= 0.6 is 22.9 Å². The fraction of sp³-hybridized carbons (Fsp3) is 0.320. The number of aryl methyl sites for hydroxylation is 3. The largest absolute Gasteiger partial charge is 0.378 e. The minimum absolute atomic E-state index is 0.231. The molecule has 1 atom stereocenters. The van der Waals surface area contributed by atoms with Gasteiger partial charge in [0.15, 0.2) is 11.0 Å². The van der Waals surface area contributed by atoms with Gasteiger partial charge in [0.1, 0.15) is 4.88 Å². The zero-order chi connectivity index (χ0) is 24.4. The van der Waals surface area contributed by atoms with E-state index in [1.54, 1.807) is 24.3 Å². The number of anilines is 3. The Hall–Kier alpha value is -2.39. The Kier molecular flexibility index (Phi) is 7.62. The van der Waals surface area contributed by atoms with Gasteiger partial charge in [-0.25, -0.2) is 4.21 Å². The van der Waals surface area contributed by atoms with Crippen molar-refractivity contribution in [3.63, 3.8) is 0 Å². The number of benzene rings is 2. The maximum absolute atomic E-state index is 13.3. The molecule has 1 aromatic heterocycles. The van der Waals surface area contributed by atoms with Gasteiger partial charge in [-0.3, -0.25) is 9.52 Å². The van der Waals surface area contributed by atoms with Crippen molar-refractivity contribution in [2.75, 3.05) is 41.2 Å². The maximum Gasteiger partial charge on any atom is 0.267 e. The number of hydrogen-bond donors (Lipinski definition) is 2. The number of amides is 1. The van der Waals surface area contributed by atoms with Crippen molar-refractivity contribution in [3.8, 4) is 0 Å². The maximum atomic E-state index is 13.3. The lowest BCUT2D eigenvalue weighted by atomic mass is 10.0. The van der Waals surface area contributed by atoms with E-state index in [-0.39, 0.29) is 5.91 Å². The van der Waals surface area contributed by atoms with Gasteiger partial charge in [0.2, 0.25) is 0 Å². The second kappa shape index (κ2) is 10.5. The highest BCUT2D eigenvalue weighted by molar-refractivity contribution is 7.86. The first kappa shape index (κ1) is 24.7. The van der Waals surface area contributed by atoms with Crippen molar-refractivity contribution in [3.05, 3.63) is 67.9 Å².